The second-order valence-electron chi connectivity index (χ2n) is 7.19. The quantitative estimate of drug-likeness (QED) is 0.578. The second kappa shape index (κ2) is 7.46. The van der Waals surface area contributed by atoms with Crippen molar-refractivity contribution in [1.82, 2.24) is 0 Å². The molecular weight excluding hydrogens is 302 g/mol. The Bertz CT molecular complexity index is 622. The zero-order valence-corrected chi connectivity index (χ0v) is 14.4. The molecule has 0 aromatic heterocycles. The van der Waals surface area contributed by atoms with Crippen molar-refractivity contribution in [2.45, 2.75) is 57.3 Å². The van der Waals surface area contributed by atoms with Crippen molar-refractivity contribution in [1.29, 1.82) is 0 Å². The average Bonchev–Trinajstić information content (AvgIpc) is 2.60. The largest absolute Gasteiger partial charge is 0.207 e. The van der Waals surface area contributed by atoms with Crippen LogP contribution < -0.4 is 0 Å². The second-order valence-corrected chi connectivity index (χ2v) is 7.19. The molecule has 0 N–H and O–H groups in total. The standard InChI is InChI=1S/C22H26F2/c1-2-3-6-17-11-13-22(14-12-17,18-7-4-9-20(23)15-18)19-8-5-10-21(24)16-19/h4-5,7-10,15-17H,2-3,6,11-14H2,1H3. The first kappa shape index (κ1) is 17.1. The number of rotatable bonds is 5. The van der Waals surface area contributed by atoms with Gasteiger partial charge in [-0.1, -0.05) is 50.5 Å². The van der Waals surface area contributed by atoms with E-state index in [-0.39, 0.29) is 17.0 Å². The summed E-state index contributed by atoms with van der Waals surface area (Å²) in [4.78, 5) is 0. The summed E-state index contributed by atoms with van der Waals surface area (Å²) in [5, 5.41) is 0. The first-order chi connectivity index (χ1) is 11.6. The number of halogens is 2. The number of benzene rings is 2. The Morgan fingerprint density at radius 3 is 1.92 bits per heavy atom. The summed E-state index contributed by atoms with van der Waals surface area (Å²) in [5.74, 6) is 0.327. The maximum atomic E-state index is 13.9. The zero-order chi connectivity index (χ0) is 17.0. The molecule has 1 aliphatic rings. The molecule has 0 unspecified atom stereocenters. The highest BCUT2D eigenvalue weighted by Gasteiger charge is 2.38. The van der Waals surface area contributed by atoms with Crippen molar-refractivity contribution in [2.24, 2.45) is 5.92 Å². The molecule has 0 radical (unpaired) electrons. The Hall–Kier alpha value is -1.70. The minimum Gasteiger partial charge on any atom is -0.207 e. The van der Waals surface area contributed by atoms with Crippen LogP contribution in [0.25, 0.3) is 0 Å². The monoisotopic (exact) mass is 328 g/mol. The van der Waals surface area contributed by atoms with Gasteiger partial charge in [0.15, 0.2) is 0 Å². The maximum absolute atomic E-state index is 13.9. The Morgan fingerprint density at radius 2 is 1.46 bits per heavy atom. The van der Waals surface area contributed by atoms with E-state index in [2.05, 4.69) is 6.92 Å². The average molecular weight is 328 g/mol. The van der Waals surface area contributed by atoms with E-state index in [4.69, 9.17) is 0 Å². The molecule has 0 heterocycles. The highest BCUT2D eigenvalue weighted by molar-refractivity contribution is 5.40. The Kier molecular flexibility index (Phi) is 5.33. The molecule has 1 fully saturated rings. The van der Waals surface area contributed by atoms with Crippen LogP contribution in [0.1, 0.15) is 63.0 Å². The van der Waals surface area contributed by atoms with Crippen molar-refractivity contribution < 1.29 is 8.78 Å². The predicted molar refractivity (Wildman–Crippen MR) is 95.1 cm³/mol. The fraction of sp³-hybridized carbons (Fsp3) is 0.455. The van der Waals surface area contributed by atoms with Crippen molar-refractivity contribution in [3.63, 3.8) is 0 Å². The van der Waals surface area contributed by atoms with Crippen LogP contribution >= 0.6 is 0 Å². The van der Waals surface area contributed by atoms with Crippen LogP contribution in [0.4, 0.5) is 8.78 Å². The van der Waals surface area contributed by atoms with Gasteiger partial charge in [0.25, 0.3) is 0 Å². The molecule has 0 nitrogen and oxygen atoms in total. The molecule has 128 valence electrons. The molecule has 1 saturated carbocycles. The lowest BCUT2D eigenvalue weighted by Crippen LogP contribution is -2.33. The summed E-state index contributed by atoms with van der Waals surface area (Å²) in [5.41, 5.74) is 1.72. The lowest BCUT2D eigenvalue weighted by Gasteiger charge is -2.41. The Labute approximate surface area is 143 Å². The fourth-order valence-electron chi connectivity index (χ4n) is 4.27. The highest BCUT2D eigenvalue weighted by atomic mass is 19.1. The van der Waals surface area contributed by atoms with Gasteiger partial charge in [0.05, 0.1) is 0 Å². The first-order valence-electron chi connectivity index (χ1n) is 9.16. The SMILES string of the molecule is CCCCC1CCC(c2cccc(F)c2)(c2cccc(F)c2)CC1. The third kappa shape index (κ3) is 3.53. The van der Waals surface area contributed by atoms with E-state index < -0.39 is 0 Å². The highest BCUT2D eigenvalue weighted by Crippen LogP contribution is 2.47. The van der Waals surface area contributed by atoms with Crippen LogP contribution in [0.5, 0.6) is 0 Å². The molecule has 24 heavy (non-hydrogen) atoms. The van der Waals surface area contributed by atoms with E-state index in [9.17, 15) is 8.78 Å². The van der Waals surface area contributed by atoms with E-state index in [1.54, 1.807) is 24.3 Å². The van der Waals surface area contributed by atoms with Crippen LogP contribution in [0, 0.1) is 17.6 Å². The van der Waals surface area contributed by atoms with Gasteiger partial charge >= 0.3 is 0 Å². The van der Waals surface area contributed by atoms with Gasteiger partial charge in [0.1, 0.15) is 11.6 Å². The number of hydrogen-bond donors (Lipinski definition) is 0. The summed E-state index contributed by atoms with van der Waals surface area (Å²) in [6.45, 7) is 2.23. The lowest BCUT2D eigenvalue weighted by molar-refractivity contribution is 0.250. The summed E-state index contributed by atoms with van der Waals surface area (Å²) in [6.07, 6.45) is 7.98. The molecule has 0 aliphatic heterocycles. The zero-order valence-electron chi connectivity index (χ0n) is 14.4. The summed E-state index contributed by atoms with van der Waals surface area (Å²) in [6, 6.07) is 13.8. The molecule has 0 amide bonds. The van der Waals surface area contributed by atoms with E-state index in [1.807, 2.05) is 12.1 Å². The molecule has 0 bridgehead atoms. The molecule has 0 spiro atoms. The van der Waals surface area contributed by atoms with Gasteiger partial charge in [-0.2, -0.15) is 0 Å². The summed E-state index contributed by atoms with van der Waals surface area (Å²) in [7, 11) is 0. The number of hydrogen-bond acceptors (Lipinski definition) is 0. The predicted octanol–water partition coefficient (Wildman–Crippen LogP) is 6.63. The van der Waals surface area contributed by atoms with Gasteiger partial charge in [-0.25, -0.2) is 8.78 Å². The van der Waals surface area contributed by atoms with Gasteiger partial charge < -0.3 is 0 Å². The smallest absolute Gasteiger partial charge is 0.123 e. The summed E-state index contributed by atoms with van der Waals surface area (Å²) >= 11 is 0. The maximum Gasteiger partial charge on any atom is 0.123 e. The molecule has 2 heteroatoms. The van der Waals surface area contributed by atoms with Crippen molar-refractivity contribution in [3.05, 3.63) is 71.3 Å². The summed E-state index contributed by atoms with van der Waals surface area (Å²) < 4.78 is 27.7. The van der Waals surface area contributed by atoms with E-state index >= 15 is 0 Å². The van der Waals surface area contributed by atoms with Gasteiger partial charge in [0, 0.05) is 5.41 Å². The van der Waals surface area contributed by atoms with Crippen LogP contribution in [-0.2, 0) is 5.41 Å². The van der Waals surface area contributed by atoms with Crippen LogP contribution in [0.3, 0.4) is 0 Å². The van der Waals surface area contributed by atoms with Crippen molar-refractivity contribution in [2.75, 3.05) is 0 Å². The van der Waals surface area contributed by atoms with Gasteiger partial charge in [-0.3, -0.25) is 0 Å². The van der Waals surface area contributed by atoms with E-state index in [1.165, 1.54) is 31.4 Å². The van der Waals surface area contributed by atoms with Crippen LogP contribution in [-0.4, -0.2) is 0 Å². The first-order valence-corrected chi connectivity index (χ1v) is 9.16. The minimum absolute atomic E-state index is 0.212. The van der Waals surface area contributed by atoms with Crippen molar-refractivity contribution >= 4 is 0 Å². The number of unbranched alkanes of at least 4 members (excludes halogenated alkanes) is 1. The minimum atomic E-state index is -0.257. The third-order valence-corrected chi connectivity index (χ3v) is 5.68. The Morgan fingerprint density at radius 1 is 0.917 bits per heavy atom. The van der Waals surface area contributed by atoms with Crippen LogP contribution in [0.2, 0.25) is 0 Å². The van der Waals surface area contributed by atoms with Crippen molar-refractivity contribution in [3.8, 4) is 0 Å². The van der Waals surface area contributed by atoms with Gasteiger partial charge in [-0.05, 0) is 67.0 Å². The van der Waals surface area contributed by atoms with Crippen LogP contribution in [0.15, 0.2) is 48.5 Å². The Balaban J connectivity index is 1.94. The fourth-order valence-corrected chi connectivity index (χ4v) is 4.27. The molecular formula is C22H26F2. The van der Waals surface area contributed by atoms with Gasteiger partial charge in [-0.15, -0.1) is 0 Å². The molecule has 1 aliphatic carbocycles. The van der Waals surface area contributed by atoms with E-state index in [0.717, 1.165) is 42.7 Å². The molecule has 0 saturated heterocycles. The molecule has 3 rings (SSSR count). The normalized spacial score (nSPS) is 17.8. The molecule has 0 atom stereocenters. The lowest BCUT2D eigenvalue weighted by atomic mass is 9.62. The third-order valence-electron chi connectivity index (χ3n) is 5.68. The molecule has 2 aromatic carbocycles. The van der Waals surface area contributed by atoms with Gasteiger partial charge in [0.2, 0.25) is 0 Å². The topological polar surface area (TPSA) is 0 Å². The van der Waals surface area contributed by atoms with E-state index in [0.29, 0.717) is 0 Å². The molecule has 2 aromatic rings.